The van der Waals surface area contributed by atoms with Gasteiger partial charge in [0.2, 0.25) is 0 Å². The van der Waals surface area contributed by atoms with Crippen LogP contribution < -0.4 is 5.48 Å². The zero-order valence-electron chi connectivity index (χ0n) is 11.5. The number of aromatic hydroxyl groups is 1. The zero-order chi connectivity index (χ0) is 14.9. The maximum atomic E-state index is 12.0. The fraction of sp³-hybridized carbons (Fsp3) is 0.286. The molecule has 6 heteroatoms. The number of para-hydroxylation sites is 1. The van der Waals surface area contributed by atoms with E-state index in [0.29, 0.717) is 10.9 Å². The number of amides is 1. The van der Waals surface area contributed by atoms with Gasteiger partial charge in [-0.3, -0.25) is 4.57 Å². The number of nitrogens with zero attached hydrogens (tertiary/aromatic N) is 1. The van der Waals surface area contributed by atoms with E-state index in [0.717, 1.165) is 0 Å². The van der Waals surface area contributed by atoms with E-state index in [1.807, 2.05) is 0 Å². The Morgan fingerprint density at radius 3 is 2.55 bits per heavy atom. The van der Waals surface area contributed by atoms with Crippen LogP contribution >= 0.6 is 0 Å². The lowest BCUT2D eigenvalue weighted by molar-refractivity contribution is -0.158. The third-order valence-electron chi connectivity index (χ3n) is 2.75. The molecule has 0 saturated heterocycles. The molecular formula is C14H16N2O4. The van der Waals surface area contributed by atoms with E-state index in [4.69, 9.17) is 4.84 Å². The molecule has 6 nitrogen and oxygen atoms in total. The van der Waals surface area contributed by atoms with Crippen LogP contribution in [-0.2, 0) is 9.63 Å². The van der Waals surface area contributed by atoms with E-state index < -0.39 is 17.4 Å². The summed E-state index contributed by atoms with van der Waals surface area (Å²) in [7, 11) is 0. The first-order valence-electron chi connectivity index (χ1n) is 6.11. The van der Waals surface area contributed by atoms with Crippen molar-refractivity contribution >= 4 is 22.9 Å². The predicted octanol–water partition coefficient (Wildman–Crippen LogP) is 2.41. The number of carbonyl (C=O) groups is 2. The smallest absolute Gasteiger partial charge is 0.359 e. The van der Waals surface area contributed by atoms with Crippen molar-refractivity contribution < 1.29 is 19.5 Å². The molecule has 2 aromatic rings. The van der Waals surface area contributed by atoms with Crippen LogP contribution in [0.2, 0.25) is 0 Å². The summed E-state index contributed by atoms with van der Waals surface area (Å²) in [6, 6.07) is 6.21. The average molecular weight is 276 g/mol. The van der Waals surface area contributed by atoms with Gasteiger partial charge in [-0.1, -0.05) is 12.1 Å². The Morgan fingerprint density at radius 2 is 1.90 bits per heavy atom. The molecule has 0 spiro atoms. The van der Waals surface area contributed by atoms with Crippen LogP contribution in [0, 0.1) is 5.41 Å². The third kappa shape index (κ3) is 2.59. The van der Waals surface area contributed by atoms with Crippen molar-refractivity contribution in [2.45, 2.75) is 20.8 Å². The molecule has 2 N–H and O–H groups in total. The van der Waals surface area contributed by atoms with Gasteiger partial charge in [0, 0.05) is 5.39 Å². The minimum absolute atomic E-state index is 0.0158. The molecule has 0 fully saturated rings. The molecule has 0 radical (unpaired) electrons. The number of nitrogens with one attached hydrogen (secondary N) is 1. The van der Waals surface area contributed by atoms with Crippen LogP contribution in [0.3, 0.4) is 0 Å². The van der Waals surface area contributed by atoms with Crippen molar-refractivity contribution in [1.29, 1.82) is 0 Å². The largest absolute Gasteiger partial charge is 0.506 e. The Morgan fingerprint density at radius 1 is 1.25 bits per heavy atom. The van der Waals surface area contributed by atoms with Gasteiger partial charge in [-0.2, -0.15) is 5.48 Å². The minimum Gasteiger partial charge on any atom is -0.506 e. The van der Waals surface area contributed by atoms with Crippen LogP contribution in [0.4, 0.5) is 4.79 Å². The first kappa shape index (κ1) is 13.9. The number of hydrogen-bond acceptors (Lipinski definition) is 4. The molecule has 106 valence electrons. The van der Waals surface area contributed by atoms with E-state index in [2.05, 4.69) is 5.48 Å². The maximum absolute atomic E-state index is 12.0. The maximum Gasteiger partial charge on any atom is 0.359 e. The predicted molar refractivity (Wildman–Crippen MR) is 73.1 cm³/mol. The molecule has 1 amide bonds. The van der Waals surface area contributed by atoms with E-state index in [9.17, 15) is 14.7 Å². The van der Waals surface area contributed by atoms with Gasteiger partial charge in [0.05, 0.1) is 17.1 Å². The molecule has 0 atom stereocenters. The van der Waals surface area contributed by atoms with Gasteiger partial charge in [-0.15, -0.1) is 0 Å². The molecule has 0 bridgehead atoms. The summed E-state index contributed by atoms with van der Waals surface area (Å²) in [5.41, 5.74) is 1.88. The number of benzene rings is 1. The quantitative estimate of drug-likeness (QED) is 0.724. The summed E-state index contributed by atoms with van der Waals surface area (Å²) >= 11 is 0. The summed E-state index contributed by atoms with van der Waals surface area (Å²) in [5.74, 6) is -0.565. The van der Waals surface area contributed by atoms with E-state index >= 15 is 0 Å². The first-order valence-corrected chi connectivity index (χ1v) is 6.11. The number of hydrogen-bond donors (Lipinski definition) is 2. The van der Waals surface area contributed by atoms with Gasteiger partial charge >= 0.3 is 12.0 Å². The van der Waals surface area contributed by atoms with Crippen LogP contribution in [-0.4, -0.2) is 21.7 Å². The molecule has 0 aliphatic carbocycles. The number of carbonyl (C=O) groups excluding carboxylic acids is 2. The minimum atomic E-state index is -0.714. The van der Waals surface area contributed by atoms with Crippen molar-refractivity contribution in [3.63, 3.8) is 0 Å². The zero-order valence-corrected chi connectivity index (χ0v) is 11.5. The second kappa shape index (κ2) is 4.88. The summed E-state index contributed by atoms with van der Waals surface area (Å²) < 4.78 is 1.18. The second-order valence-electron chi connectivity index (χ2n) is 5.45. The lowest BCUT2D eigenvalue weighted by Gasteiger charge is -2.16. The monoisotopic (exact) mass is 276 g/mol. The Bertz CT molecular complexity index is 667. The van der Waals surface area contributed by atoms with Crippen LogP contribution in [0.1, 0.15) is 20.8 Å². The van der Waals surface area contributed by atoms with Gasteiger partial charge in [-0.25, -0.2) is 9.59 Å². The van der Waals surface area contributed by atoms with Crippen LogP contribution in [0.25, 0.3) is 10.9 Å². The van der Waals surface area contributed by atoms with Crippen LogP contribution in [0.5, 0.6) is 5.75 Å². The number of hydroxylamine groups is 1. The number of aromatic nitrogens is 1. The lowest BCUT2D eigenvalue weighted by atomic mass is 9.98. The van der Waals surface area contributed by atoms with Crippen molar-refractivity contribution in [3.8, 4) is 5.75 Å². The summed E-state index contributed by atoms with van der Waals surface area (Å²) in [5, 5.41) is 10.3. The molecule has 1 aromatic heterocycles. The van der Waals surface area contributed by atoms with E-state index in [1.165, 1.54) is 10.8 Å². The molecule has 0 aliphatic rings. The molecule has 0 unspecified atom stereocenters. The SMILES string of the molecule is CC(C)(C)C(=O)ONC(=O)n1cc(O)c2ccccc21. The fourth-order valence-electron chi connectivity index (χ4n) is 1.62. The van der Waals surface area contributed by atoms with Gasteiger partial charge in [0.25, 0.3) is 0 Å². The Kier molecular flexibility index (Phi) is 3.40. The summed E-state index contributed by atoms with van der Waals surface area (Å²) in [4.78, 5) is 28.3. The topological polar surface area (TPSA) is 80.6 Å². The van der Waals surface area contributed by atoms with Gasteiger partial charge in [0.15, 0.2) is 0 Å². The molecule has 1 heterocycles. The molecule has 0 aliphatic heterocycles. The van der Waals surface area contributed by atoms with Gasteiger partial charge in [0.1, 0.15) is 5.75 Å². The highest BCUT2D eigenvalue weighted by Crippen LogP contribution is 2.26. The third-order valence-corrected chi connectivity index (χ3v) is 2.75. The van der Waals surface area contributed by atoms with E-state index in [-0.39, 0.29) is 5.75 Å². The summed E-state index contributed by atoms with van der Waals surface area (Å²) in [6.45, 7) is 5.04. The van der Waals surface area contributed by atoms with Crippen molar-refractivity contribution in [2.24, 2.45) is 5.41 Å². The number of fused-ring (bicyclic) bond motifs is 1. The molecular weight excluding hydrogens is 260 g/mol. The van der Waals surface area contributed by atoms with Crippen molar-refractivity contribution in [1.82, 2.24) is 10.0 Å². The molecule has 20 heavy (non-hydrogen) atoms. The average Bonchev–Trinajstić information content (AvgIpc) is 2.72. The van der Waals surface area contributed by atoms with E-state index in [1.54, 1.807) is 45.0 Å². The highest BCUT2D eigenvalue weighted by atomic mass is 16.7. The number of rotatable bonds is 0. The normalized spacial score (nSPS) is 11.3. The summed E-state index contributed by atoms with van der Waals surface area (Å²) in [6.07, 6.45) is 1.27. The molecule has 2 rings (SSSR count). The lowest BCUT2D eigenvalue weighted by Crippen LogP contribution is -2.35. The highest BCUT2D eigenvalue weighted by molar-refractivity contribution is 5.95. The molecule has 0 saturated carbocycles. The molecule has 1 aromatic carbocycles. The van der Waals surface area contributed by atoms with Crippen molar-refractivity contribution in [3.05, 3.63) is 30.5 Å². The highest BCUT2D eigenvalue weighted by Gasteiger charge is 2.24. The second-order valence-corrected chi connectivity index (χ2v) is 5.45. The Labute approximate surface area is 115 Å². The van der Waals surface area contributed by atoms with Crippen LogP contribution in [0.15, 0.2) is 30.5 Å². The fourth-order valence-corrected chi connectivity index (χ4v) is 1.62. The van der Waals surface area contributed by atoms with Crippen molar-refractivity contribution in [2.75, 3.05) is 0 Å². The standard InChI is InChI=1S/C14H16N2O4/c1-14(2,3)12(18)20-15-13(19)16-8-11(17)9-6-4-5-7-10(9)16/h4-8,17H,1-3H3,(H,15,19). The Balaban J connectivity index is 2.19. The first-order chi connectivity index (χ1) is 9.30. The van der Waals surface area contributed by atoms with Gasteiger partial charge in [-0.05, 0) is 32.9 Å². The Hall–Kier alpha value is -2.50. The van der Waals surface area contributed by atoms with Gasteiger partial charge < -0.3 is 9.94 Å².